The van der Waals surface area contributed by atoms with Crippen LogP contribution in [0.1, 0.15) is 42.2 Å². The predicted octanol–water partition coefficient (Wildman–Crippen LogP) is 4.06. The Kier molecular flexibility index (Phi) is 9.20. The van der Waals surface area contributed by atoms with Crippen LogP contribution < -0.4 is 15.4 Å². The minimum absolute atomic E-state index is 0.0390. The van der Waals surface area contributed by atoms with E-state index in [1.54, 1.807) is 6.07 Å². The second-order valence-electron chi connectivity index (χ2n) is 7.98. The van der Waals surface area contributed by atoms with Crippen molar-refractivity contribution < 1.29 is 27.8 Å². The monoisotopic (exact) mass is 495 g/mol. The Balaban J connectivity index is 1.85. The molecule has 34 heavy (non-hydrogen) atoms. The number of rotatable bonds is 10. The molecule has 0 spiro atoms. The first-order valence-electron chi connectivity index (χ1n) is 11.1. The fraction of sp³-hybridized carbons (Fsp3) is 0.417. The predicted molar refractivity (Wildman–Crippen MR) is 124 cm³/mol. The molecule has 2 aromatic carbocycles. The summed E-state index contributed by atoms with van der Waals surface area (Å²) in [6, 6.07) is 6.29. The second-order valence-corrected chi connectivity index (χ2v) is 8.39. The molecule has 0 saturated carbocycles. The van der Waals surface area contributed by atoms with Gasteiger partial charge in [0.05, 0.1) is 23.8 Å². The molecule has 1 aliphatic heterocycles. The molecule has 0 bridgehead atoms. The van der Waals surface area contributed by atoms with Crippen molar-refractivity contribution in [2.75, 3.05) is 32.8 Å². The summed E-state index contributed by atoms with van der Waals surface area (Å²) in [6.45, 7) is 5.64. The number of carbonyl (C=O) groups is 2. The highest BCUT2D eigenvalue weighted by molar-refractivity contribution is 6.32. The summed E-state index contributed by atoms with van der Waals surface area (Å²) in [6.07, 6.45) is 1.17. The van der Waals surface area contributed by atoms with E-state index in [0.717, 1.165) is 6.07 Å². The topological polar surface area (TPSA) is 79.9 Å². The van der Waals surface area contributed by atoms with Crippen molar-refractivity contribution in [2.24, 2.45) is 0 Å². The summed E-state index contributed by atoms with van der Waals surface area (Å²) in [4.78, 5) is 24.8. The van der Waals surface area contributed by atoms with Gasteiger partial charge in [0.2, 0.25) is 6.41 Å². The Hall–Kier alpha value is -2.75. The molecule has 184 valence electrons. The fourth-order valence-electron chi connectivity index (χ4n) is 3.75. The zero-order valence-corrected chi connectivity index (χ0v) is 19.8. The second kappa shape index (κ2) is 12.1. The molecule has 10 heteroatoms. The van der Waals surface area contributed by atoms with Crippen molar-refractivity contribution in [2.45, 2.75) is 32.4 Å². The van der Waals surface area contributed by atoms with Gasteiger partial charge in [0, 0.05) is 37.3 Å². The van der Waals surface area contributed by atoms with E-state index in [9.17, 15) is 14.0 Å². The lowest BCUT2D eigenvalue weighted by Gasteiger charge is -2.27. The number of morpholine rings is 1. The van der Waals surface area contributed by atoms with E-state index in [0.29, 0.717) is 51.2 Å². The molecule has 1 fully saturated rings. The Labute approximate surface area is 202 Å². The number of carbonyl (C=O) groups excluding carboxylic acids is 2. The van der Waals surface area contributed by atoms with Crippen LogP contribution in [0.2, 0.25) is 5.02 Å². The first-order valence-corrected chi connectivity index (χ1v) is 11.5. The molecule has 2 aromatic rings. The number of nitrogens with one attached hydrogen (secondary N) is 2. The van der Waals surface area contributed by atoms with Crippen LogP contribution in [0.15, 0.2) is 30.3 Å². The van der Waals surface area contributed by atoms with Crippen molar-refractivity contribution in [1.82, 2.24) is 15.5 Å². The highest BCUT2D eigenvalue weighted by Crippen LogP contribution is 2.37. The van der Waals surface area contributed by atoms with E-state index < -0.39 is 17.5 Å². The summed E-state index contributed by atoms with van der Waals surface area (Å²) < 4.78 is 40.9. The SMILES string of the molecule is CC[C@@H](N[C@H](C)CNC=O)c1ccc(Cl)c(Oc2ccc(F)c(C(=O)N3CCOCC3)c2)c1F. The van der Waals surface area contributed by atoms with Crippen LogP contribution in [0.4, 0.5) is 8.78 Å². The van der Waals surface area contributed by atoms with E-state index >= 15 is 4.39 Å². The fourth-order valence-corrected chi connectivity index (χ4v) is 3.94. The lowest BCUT2D eigenvalue weighted by Crippen LogP contribution is -2.41. The van der Waals surface area contributed by atoms with Crippen molar-refractivity contribution in [3.63, 3.8) is 0 Å². The molecule has 1 saturated heterocycles. The first-order chi connectivity index (χ1) is 16.3. The van der Waals surface area contributed by atoms with E-state index in [1.165, 1.54) is 23.1 Å². The van der Waals surface area contributed by atoms with Gasteiger partial charge in [0.1, 0.15) is 11.6 Å². The Morgan fingerprint density at radius 1 is 1.26 bits per heavy atom. The van der Waals surface area contributed by atoms with Gasteiger partial charge in [-0.1, -0.05) is 24.6 Å². The lowest BCUT2D eigenvalue weighted by atomic mass is 10.0. The molecule has 7 nitrogen and oxygen atoms in total. The summed E-state index contributed by atoms with van der Waals surface area (Å²) >= 11 is 6.23. The quantitative estimate of drug-likeness (QED) is 0.486. The molecule has 0 radical (unpaired) electrons. The summed E-state index contributed by atoms with van der Waals surface area (Å²) in [5, 5.41) is 5.89. The van der Waals surface area contributed by atoms with Gasteiger partial charge in [-0.2, -0.15) is 0 Å². The van der Waals surface area contributed by atoms with Crippen LogP contribution in [0.3, 0.4) is 0 Å². The molecule has 0 aromatic heterocycles. The minimum atomic E-state index is -0.697. The van der Waals surface area contributed by atoms with Crippen LogP contribution in [0.5, 0.6) is 11.5 Å². The third kappa shape index (κ3) is 6.22. The Morgan fingerprint density at radius 2 is 2.00 bits per heavy atom. The molecule has 0 aliphatic carbocycles. The van der Waals surface area contributed by atoms with Crippen molar-refractivity contribution >= 4 is 23.9 Å². The van der Waals surface area contributed by atoms with Gasteiger partial charge in [-0.25, -0.2) is 8.78 Å². The van der Waals surface area contributed by atoms with E-state index in [4.69, 9.17) is 21.1 Å². The highest BCUT2D eigenvalue weighted by atomic mass is 35.5. The van der Waals surface area contributed by atoms with Gasteiger partial charge in [-0.3, -0.25) is 9.59 Å². The maximum Gasteiger partial charge on any atom is 0.257 e. The number of hydrogen-bond donors (Lipinski definition) is 2. The summed E-state index contributed by atoms with van der Waals surface area (Å²) in [5.74, 6) is -1.97. The minimum Gasteiger partial charge on any atom is -0.453 e. The Bertz CT molecular complexity index is 1020. The normalized spacial score (nSPS) is 15.5. The van der Waals surface area contributed by atoms with Crippen LogP contribution in [0.25, 0.3) is 0 Å². The van der Waals surface area contributed by atoms with Crippen LogP contribution >= 0.6 is 11.6 Å². The molecule has 0 unspecified atom stereocenters. The largest absolute Gasteiger partial charge is 0.453 e. The van der Waals surface area contributed by atoms with Gasteiger partial charge in [0.15, 0.2) is 11.6 Å². The van der Waals surface area contributed by atoms with Gasteiger partial charge < -0.3 is 25.0 Å². The number of nitrogens with zero attached hydrogens (tertiary/aromatic N) is 1. The van der Waals surface area contributed by atoms with Crippen LogP contribution in [0, 0.1) is 11.6 Å². The number of benzene rings is 2. The van der Waals surface area contributed by atoms with Crippen LogP contribution in [-0.4, -0.2) is 56.1 Å². The molecule has 3 rings (SSSR count). The van der Waals surface area contributed by atoms with Crippen molar-refractivity contribution in [1.29, 1.82) is 0 Å². The van der Waals surface area contributed by atoms with E-state index in [1.807, 2.05) is 13.8 Å². The third-order valence-corrected chi connectivity index (χ3v) is 5.84. The highest BCUT2D eigenvalue weighted by Gasteiger charge is 2.24. The summed E-state index contributed by atoms with van der Waals surface area (Å²) in [5.41, 5.74) is 0.170. The maximum atomic E-state index is 15.5. The molecular formula is C24H28ClF2N3O4. The average Bonchev–Trinajstić information content (AvgIpc) is 2.85. The number of halogens is 3. The zero-order chi connectivity index (χ0) is 24.7. The summed E-state index contributed by atoms with van der Waals surface area (Å²) in [7, 11) is 0. The molecule has 1 aliphatic rings. The molecule has 2 N–H and O–H groups in total. The standard InChI is InChI=1S/C24H28ClF2N3O4/c1-3-21(29-15(2)13-28-14-31)17-5-6-19(25)23(22(17)27)34-16-4-7-20(26)18(12-16)24(32)30-8-10-33-11-9-30/h4-7,12,14-15,21,29H,3,8-11,13H2,1-2H3,(H,28,31)/t15-,21-/m1/s1. The molecular weight excluding hydrogens is 468 g/mol. The molecule has 1 heterocycles. The van der Waals surface area contributed by atoms with E-state index in [-0.39, 0.29) is 34.2 Å². The lowest BCUT2D eigenvalue weighted by molar-refractivity contribution is -0.109. The van der Waals surface area contributed by atoms with Crippen LogP contribution in [-0.2, 0) is 9.53 Å². The molecule has 2 amide bonds. The Morgan fingerprint density at radius 3 is 2.68 bits per heavy atom. The van der Waals surface area contributed by atoms with E-state index in [2.05, 4.69) is 10.6 Å². The van der Waals surface area contributed by atoms with Gasteiger partial charge in [-0.15, -0.1) is 0 Å². The average molecular weight is 496 g/mol. The third-order valence-electron chi connectivity index (χ3n) is 5.54. The first kappa shape index (κ1) is 25.9. The molecule has 2 atom stereocenters. The zero-order valence-electron chi connectivity index (χ0n) is 19.1. The van der Waals surface area contributed by atoms with Crippen molar-refractivity contribution in [3.05, 3.63) is 58.1 Å². The van der Waals surface area contributed by atoms with Gasteiger partial charge in [0.25, 0.3) is 5.91 Å². The van der Waals surface area contributed by atoms with Gasteiger partial charge in [-0.05, 0) is 37.6 Å². The number of hydrogen-bond acceptors (Lipinski definition) is 5. The van der Waals surface area contributed by atoms with Crippen molar-refractivity contribution in [3.8, 4) is 11.5 Å². The number of ether oxygens (including phenoxy) is 2. The smallest absolute Gasteiger partial charge is 0.257 e. The maximum absolute atomic E-state index is 15.5. The number of amides is 2. The van der Waals surface area contributed by atoms with Gasteiger partial charge >= 0.3 is 0 Å².